The molecule has 62 heavy (non-hydrogen) atoms. The quantitative estimate of drug-likeness (QED) is 0.203. The summed E-state index contributed by atoms with van der Waals surface area (Å²) in [6.45, 7) is 17.5. The lowest BCUT2D eigenvalue weighted by Gasteiger charge is -2.53. The summed E-state index contributed by atoms with van der Waals surface area (Å²) in [7, 11) is 3.91. The molecule has 330 valence electrons. The third kappa shape index (κ3) is 6.94. The molecule has 2 N–H and O–H groups in total. The Morgan fingerprint density at radius 1 is 1.10 bits per heavy atom. The van der Waals surface area contributed by atoms with Crippen LogP contribution < -0.4 is 15.6 Å². The van der Waals surface area contributed by atoms with Crippen LogP contribution >= 0.6 is 11.3 Å². The minimum absolute atomic E-state index is 0.0412. The van der Waals surface area contributed by atoms with E-state index in [2.05, 4.69) is 103 Å². The first-order valence-electron chi connectivity index (χ1n) is 22.9. The second-order valence-electron chi connectivity index (χ2n) is 20.1. The van der Waals surface area contributed by atoms with Crippen LogP contribution in [-0.4, -0.2) is 107 Å². The van der Waals surface area contributed by atoms with Gasteiger partial charge in [0.05, 0.1) is 47.1 Å². The lowest BCUT2D eigenvalue weighted by Crippen LogP contribution is -2.72. The Balaban J connectivity index is 1.12. The monoisotopic (exact) mass is 862 g/mol. The van der Waals surface area contributed by atoms with E-state index in [1.54, 1.807) is 23.5 Å². The van der Waals surface area contributed by atoms with Crippen LogP contribution in [-0.2, 0) is 42.2 Å². The third-order valence-corrected chi connectivity index (χ3v) is 16.6. The minimum atomic E-state index is -0.803. The second kappa shape index (κ2) is 15.4. The Kier molecular flexibility index (Phi) is 10.3. The number of aryl methyl sites for hydroxylation is 1. The lowest BCUT2D eigenvalue weighted by atomic mass is 9.73. The molecule has 3 saturated heterocycles. The first-order valence-corrected chi connectivity index (χ1v) is 23.7. The first kappa shape index (κ1) is 41.6. The van der Waals surface area contributed by atoms with Gasteiger partial charge in [-0.05, 0) is 94.5 Å². The van der Waals surface area contributed by atoms with Crippen molar-refractivity contribution in [1.29, 1.82) is 0 Å². The summed E-state index contributed by atoms with van der Waals surface area (Å²) in [5.74, 6) is -0.107. The Hall–Kier alpha value is -4.37. The number of fused-ring (bicyclic) bond motifs is 5. The van der Waals surface area contributed by atoms with E-state index in [4.69, 9.17) is 19.4 Å². The molecule has 7 aliphatic rings. The number of carbonyl (C=O) groups excluding carboxylic acids is 3. The number of hydrogen-bond acceptors (Lipinski definition) is 11. The van der Waals surface area contributed by atoms with Crippen LogP contribution in [0.2, 0.25) is 0 Å². The van der Waals surface area contributed by atoms with Crippen LogP contribution in [0.25, 0.3) is 33.4 Å². The predicted molar refractivity (Wildman–Crippen MR) is 240 cm³/mol. The van der Waals surface area contributed by atoms with Crippen LogP contribution in [0.1, 0.15) is 89.6 Å². The van der Waals surface area contributed by atoms with E-state index in [0.717, 1.165) is 108 Å². The van der Waals surface area contributed by atoms with Crippen molar-refractivity contribution in [2.75, 3.05) is 51.8 Å². The maximum atomic E-state index is 14.9. The fraction of sp³-hybridized carbons (Fsp3) is 0.604. The summed E-state index contributed by atoms with van der Waals surface area (Å²) in [5.41, 5.74) is 10.5. The summed E-state index contributed by atoms with van der Waals surface area (Å²) >= 11 is 1.57. The van der Waals surface area contributed by atoms with Gasteiger partial charge in [0.25, 0.3) is 5.91 Å². The molecule has 6 atom stereocenters. The molecule has 3 aromatic heterocycles. The van der Waals surface area contributed by atoms with Gasteiger partial charge >= 0.3 is 5.97 Å². The number of pyridine rings is 1. The Bertz CT molecular complexity index is 2420. The largest absolute Gasteiger partial charge is 0.464 e. The number of aromatic nitrogens is 3. The number of nitrogens with zero attached hydrogens (tertiary/aromatic N) is 6. The number of thiazole rings is 1. The fourth-order valence-corrected chi connectivity index (χ4v) is 12.0. The van der Waals surface area contributed by atoms with E-state index in [9.17, 15) is 14.4 Å². The van der Waals surface area contributed by atoms with Gasteiger partial charge in [0.2, 0.25) is 5.91 Å². The van der Waals surface area contributed by atoms with Gasteiger partial charge in [-0.3, -0.25) is 24.4 Å². The van der Waals surface area contributed by atoms with E-state index in [0.29, 0.717) is 6.42 Å². The van der Waals surface area contributed by atoms with E-state index in [1.807, 2.05) is 6.20 Å². The predicted octanol–water partition coefficient (Wildman–Crippen LogP) is 6.34. The third-order valence-electron chi connectivity index (χ3n) is 15.5. The molecular formula is C48H62N8O5S. The minimum Gasteiger partial charge on any atom is -0.464 e. The molecule has 1 aromatic carbocycles. The molecule has 4 aliphatic heterocycles. The number of rotatable bonds is 7. The van der Waals surface area contributed by atoms with E-state index >= 15 is 0 Å². The number of benzene rings is 1. The van der Waals surface area contributed by atoms with Crippen molar-refractivity contribution >= 4 is 45.7 Å². The number of cyclic esters (lactones) is 1. The summed E-state index contributed by atoms with van der Waals surface area (Å²) in [4.78, 5) is 58.2. The number of piperazine rings is 1. The summed E-state index contributed by atoms with van der Waals surface area (Å²) in [6.07, 6.45) is 5.30. The van der Waals surface area contributed by atoms with Crippen LogP contribution in [0.5, 0.6) is 0 Å². The Morgan fingerprint density at radius 2 is 1.84 bits per heavy atom. The number of carbonyl (C=O) groups is 3. The number of methoxy groups -OCH3 is 1. The molecular weight excluding hydrogens is 801 g/mol. The highest BCUT2D eigenvalue weighted by Gasteiger charge is 2.61. The normalized spacial score (nSPS) is 29.5. The van der Waals surface area contributed by atoms with Gasteiger partial charge in [0.15, 0.2) is 0 Å². The fourth-order valence-electron chi connectivity index (χ4n) is 10.9. The maximum Gasteiger partial charge on any atom is 0.325 e. The molecule has 0 radical (unpaired) electrons. The highest BCUT2D eigenvalue weighted by Crippen LogP contribution is 2.55. The summed E-state index contributed by atoms with van der Waals surface area (Å²) in [6, 6.07) is 7.47. The van der Waals surface area contributed by atoms with Crippen molar-refractivity contribution < 1.29 is 23.9 Å². The van der Waals surface area contributed by atoms with Crippen molar-refractivity contribution in [2.45, 2.75) is 110 Å². The number of esters is 1. The molecule has 4 aromatic rings. The number of nitrogens with one attached hydrogen (secondary N) is 2. The summed E-state index contributed by atoms with van der Waals surface area (Å²) < 4.78 is 14.7. The highest BCUT2D eigenvalue weighted by atomic mass is 32.1. The van der Waals surface area contributed by atoms with Crippen LogP contribution in [0.4, 0.5) is 5.69 Å². The van der Waals surface area contributed by atoms with Crippen LogP contribution in [0.15, 0.2) is 35.8 Å². The number of amides is 2. The van der Waals surface area contributed by atoms with Gasteiger partial charge in [-0.2, -0.15) is 0 Å². The maximum absolute atomic E-state index is 14.9. The zero-order valence-electron chi connectivity index (χ0n) is 37.5. The molecule has 1 unspecified atom stereocenters. The van der Waals surface area contributed by atoms with Gasteiger partial charge in [-0.15, -0.1) is 11.3 Å². The molecule has 1 spiro atoms. The van der Waals surface area contributed by atoms with Gasteiger partial charge in [0, 0.05) is 84.6 Å². The molecule has 14 heteroatoms. The molecule has 11 rings (SSSR count). The molecule has 13 nitrogen and oxygen atoms in total. The number of anilines is 1. The van der Waals surface area contributed by atoms with Crippen LogP contribution in [0.3, 0.4) is 0 Å². The standard InChI is InChI=1S/C48H62N8O5S/c1-9-55-37-11-10-29-20-33(37)35(41(55)34-21-32(23-49-39(34)28(4)60-8)54-16-14-53(7)15-17-54)22-47(5,6)25-61-45(59)40-30-18-31(19-30)56(52-40)44(58)42(51-43(57)38-26(2)27(38)3)48(12-13-48)46-50-36(29)24-62-46/h10-11,20-21,23-24,26-28,30-31,38,40,42,52H,9,12-19,22,25H2,1-8H3,(H,51,57)/t26-,27+,28-,30?,31?,38?,40-,42+/m0/s1. The Labute approximate surface area is 368 Å². The topological polar surface area (TPSA) is 134 Å². The lowest BCUT2D eigenvalue weighted by molar-refractivity contribution is -0.171. The smallest absolute Gasteiger partial charge is 0.325 e. The molecule has 8 bridgehead atoms. The van der Waals surface area contributed by atoms with Crippen molar-refractivity contribution in [3.63, 3.8) is 0 Å². The van der Waals surface area contributed by atoms with E-state index in [1.165, 1.54) is 5.56 Å². The van der Waals surface area contributed by atoms with Gasteiger partial charge in [0.1, 0.15) is 17.1 Å². The van der Waals surface area contributed by atoms with Crippen molar-refractivity contribution in [3.05, 3.63) is 52.1 Å². The van der Waals surface area contributed by atoms with E-state index in [-0.39, 0.29) is 60.2 Å². The number of hydrazine groups is 1. The molecule has 3 saturated carbocycles. The van der Waals surface area contributed by atoms with Crippen molar-refractivity contribution in [2.24, 2.45) is 29.1 Å². The van der Waals surface area contributed by atoms with Gasteiger partial charge in [-0.1, -0.05) is 33.8 Å². The van der Waals surface area contributed by atoms with Crippen molar-refractivity contribution in [3.8, 4) is 22.5 Å². The first-order chi connectivity index (χ1) is 29.7. The highest BCUT2D eigenvalue weighted by molar-refractivity contribution is 7.10. The van der Waals surface area contributed by atoms with E-state index < -0.39 is 22.9 Å². The van der Waals surface area contributed by atoms with Gasteiger partial charge in [-0.25, -0.2) is 10.4 Å². The molecule has 6 fully saturated rings. The van der Waals surface area contributed by atoms with Crippen molar-refractivity contribution in [1.82, 2.24) is 35.2 Å². The second-order valence-corrected chi connectivity index (χ2v) is 21.0. The molecule has 7 heterocycles. The SMILES string of the molecule is CCn1c(-c2cc(N3CCN(C)CC3)cnc2[C@H](C)OC)c2c3cc(ccc31)-c1csc(n1)C1(CC1)[C@H](NC(=O)C1[C@@H](C)[C@H]1C)C(=O)N1N[C@H](C(=O)OCC(C)(C)C2)C2CC1C2. The van der Waals surface area contributed by atoms with Gasteiger partial charge < -0.3 is 29.2 Å². The Morgan fingerprint density at radius 3 is 2.52 bits per heavy atom. The average Bonchev–Trinajstić information content (AvgIpc) is 4.06. The van der Waals surface area contributed by atoms with Crippen LogP contribution in [0, 0.1) is 29.1 Å². The number of likely N-dealkylation sites (N-methyl/N-ethyl adjacent to an activating group) is 1. The average molecular weight is 863 g/mol. The molecule has 2 amide bonds. The number of hydrogen-bond donors (Lipinski definition) is 2. The zero-order valence-corrected chi connectivity index (χ0v) is 38.3. The number of ether oxygens (including phenoxy) is 2. The summed E-state index contributed by atoms with van der Waals surface area (Å²) in [5, 5.41) is 9.04. The molecule has 3 aliphatic carbocycles. The zero-order chi connectivity index (χ0) is 43.4.